The zero-order valence-corrected chi connectivity index (χ0v) is 11.5. The summed E-state index contributed by atoms with van der Waals surface area (Å²) in [5.41, 5.74) is 1.35. The van der Waals surface area contributed by atoms with Gasteiger partial charge in [0.1, 0.15) is 5.75 Å². The molecule has 1 aromatic rings. The van der Waals surface area contributed by atoms with Crippen molar-refractivity contribution in [2.24, 2.45) is 0 Å². The molecule has 17 heavy (non-hydrogen) atoms. The molecule has 0 saturated carbocycles. The first kappa shape index (κ1) is 14.0. The van der Waals surface area contributed by atoms with Gasteiger partial charge in [-0.15, -0.1) is 0 Å². The van der Waals surface area contributed by atoms with Crippen molar-refractivity contribution in [2.75, 3.05) is 0 Å². The molecule has 0 aliphatic heterocycles. The molecule has 0 aliphatic rings. The van der Waals surface area contributed by atoms with Crippen molar-refractivity contribution in [3.63, 3.8) is 0 Å². The molecule has 1 atom stereocenters. The number of carbonyl (C=O) groups is 1. The Balaban J connectivity index is 2.78. The number of benzene rings is 1. The number of rotatable bonds is 4. The predicted molar refractivity (Wildman–Crippen MR) is 70.7 cm³/mol. The van der Waals surface area contributed by atoms with Gasteiger partial charge in [-0.2, -0.15) is 0 Å². The second-order valence-electron chi connectivity index (χ2n) is 5.09. The van der Waals surface area contributed by atoms with Gasteiger partial charge in [-0.3, -0.25) is 4.79 Å². The van der Waals surface area contributed by atoms with Crippen molar-refractivity contribution in [2.45, 2.75) is 45.6 Å². The van der Waals surface area contributed by atoms with Crippen molar-refractivity contribution >= 4 is 16.8 Å². The molecule has 0 N–H and O–H groups in total. The standard InChI is InChI=1S/C14H19ClO2/c1-5-12(13(15)16)17-11-8-6-10(7-9-11)14(2,3)4/h6-9,12H,5H2,1-4H3/t12-/m0/s1. The molecule has 1 rings (SSSR count). The van der Waals surface area contributed by atoms with Gasteiger partial charge in [0.25, 0.3) is 5.24 Å². The number of ether oxygens (including phenoxy) is 1. The van der Waals surface area contributed by atoms with Gasteiger partial charge in [0.2, 0.25) is 0 Å². The second-order valence-corrected chi connectivity index (χ2v) is 5.47. The molecule has 1 aromatic carbocycles. The normalized spacial score (nSPS) is 13.2. The lowest BCUT2D eigenvalue weighted by molar-refractivity contribution is -0.117. The molecular weight excluding hydrogens is 236 g/mol. The van der Waals surface area contributed by atoms with Crippen LogP contribution in [0.1, 0.15) is 39.7 Å². The molecule has 0 bridgehead atoms. The quantitative estimate of drug-likeness (QED) is 0.762. The third-order valence-electron chi connectivity index (χ3n) is 2.62. The smallest absolute Gasteiger partial charge is 0.262 e. The zero-order valence-electron chi connectivity index (χ0n) is 10.8. The van der Waals surface area contributed by atoms with Gasteiger partial charge in [0.05, 0.1) is 0 Å². The lowest BCUT2D eigenvalue weighted by Gasteiger charge is -2.20. The summed E-state index contributed by atoms with van der Waals surface area (Å²) in [5, 5.41) is -0.451. The van der Waals surface area contributed by atoms with Crippen LogP contribution in [0.25, 0.3) is 0 Å². The molecule has 0 saturated heterocycles. The fraction of sp³-hybridized carbons (Fsp3) is 0.500. The minimum atomic E-state index is -0.558. The molecule has 2 nitrogen and oxygen atoms in total. The Hall–Kier alpha value is -1.02. The topological polar surface area (TPSA) is 26.3 Å². The highest BCUT2D eigenvalue weighted by atomic mass is 35.5. The van der Waals surface area contributed by atoms with Gasteiger partial charge in [-0.05, 0) is 41.1 Å². The molecule has 0 amide bonds. The van der Waals surface area contributed by atoms with Gasteiger partial charge in [0.15, 0.2) is 6.10 Å². The van der Waals surface area contributed by atoms with Crippen molar-refractivity contribution in [3.05, 3.63) is 29.8 Å². The average Bonchev–Trinajstić information content (AvgIpc) is 2.25. The molecule has 94 valence electrons. The molecule has 0 spiro atoms. The van der Waals surface area contributed by atoms with Crippen LogP contribution < -0.4 is 4.74 Å². The molecular formula is C14H19ClO2. The highest BCUT2D eigenvalue weighted by Crippen LogP contribution is 2.25. The maximum atomic E-state index is 11.0. The summed E-state index contributed by atoms with van der Waals surface area (Å²) >= 11 is 5.43. The summed E-state index contributed by atoms with van der Waals surface area (Å²) in [4.78, 5) is 11.0. The lowest BCUT2D eigenvalue weighted by Crippen LogP contribution is -2.22. The van der Waals surface area contributed by atoms with E-state index in [4.69, 9.17) is 16.3 Å². The highest BCUT2D eigenvalue weighted by molar-refractivity contribution is 6.64. The van der Waals surface area contributed by atoms with Crippen molar-refractivity contribution in [3.8, 4) is 5.75 Å². The molecule has 0 radical (unpaired) electrons. The Morgan fingerprint density at radius 3 is 2.18 bits per heavy atom. The summed E-state index contributed by atoms with van der Waals surface area (Å²) < 4.78 is 5.51. The highest BCUT2D eigenvalue weighted by Gasteiger charge is 2.17. The Labute approximate surface area is 108 Å². The molecule has 0 unspecified atom stereocenters. The first-order valence-corrected chi connectivity index (χ1v) is 6.19. The van der Waals surface area contributed by atoms with Gasteiger partial charge < -0.3 is 4.74 Å². The Kier molecular flexibility index (Phi) is 4.58. The average molecular weight is 255 g/mol. The van der Waals surface area contributed by atoms with E-state index < -0.39 is 11.3 Å². The van der Waals surface area contributed by atoms with Gasteiger partial charge >= 0.3 is 0 Å². The minimum Gasteiger partial charge on any atom is -0.481 e. The third kappa shape index (κ3) is 4.04. The van der Waals surface area contributed by atoms with E-state index in [-0.39, 0.29) is 5.41 Å². The Bertz CT molecular complexity index is 376. The lowest BCUT2D eigenvalue weighted by atomic mass is 9.87. The van der Waals surface area contributed by atoms with E-state index in [1.807, 2.05) is 31.2 Å². The molecule has 0 heterocycles. The summed E-state index contributed by atoms with van der Waals surface area (Å²) in [7, 11) is 0. The monoisotopic (exact) mass is 254 g/mol. The molecule has 3 heteroatoms. The fourth-order valence-corrected chi connectivity index (χ4v) is 1.69. The zero-order chi connectivity index (χ0) is 13.1. The number of hydrogen-bond donors (Lipinski definition) is 0. The van der Waals surface area contributed by atoms with Crippen LogP contribution in [-0.4, -0.2) is 11.3 Å². The van der Waals surface area contributed by atoms with Crippen LogP contribution in [0.15, 0.2) is 24.3 Å². The van der Waals surface area contributed by atoms with Crippen molar-refractivity contribution in [1.29, 1.82) is 0 Å². The van der Waals surface area contributed by atoms with Crippen LogP contribution in [0.5, 0.6) is 5.75 Å². The molecule has 0 aromatic heterocycles. The van der Waals surface area contributed by atoms with Crippen LogP contribution in [-0.2, 0) is 10.2 Å². The summed E-state index contributed by atoms with van der Waals surface area (Å²) in [5.74, 6) is 0.679. The van der Waals surface area contributed by atoms with Gasteiger partial charge in [-0.1, -0.05) is 39.8 Å². The predicted octanol–water partition coefficient (Wildman–Crippen LogP) is 3.91. The molecule has 0 aliphatic carbocycles. The van der Waals surface area contributed by atoms with Gasteiger partial charge in [-0.25, -0.2) is 0 Å². The first-order chi connectivity index (χ1) is 7.84. The van der Waals surface area contributed by atoms with E-state index in [1.54, 1.807) is 0 Å². The summed E-state index contributed by atoms with van der Waals surface area (Å²) in [6.07, 6.45) is 0.0146. The first-order valence-electron chi connectivity index (χ1n) is 5.81. The Morgan fingerprint density at radius 2 is 1.82 bits per heavy atom. The minimum absolute atomic E-state index is 0.116. The van der Waals surface area contributed by atoms with Crippen LogP contribution >= 0.6 is 11.6 Å². The number of hydrogen-bond acceptors (Lipinski definition) is 2. The fourth-order valence-electron chi connectivity index (χ4n) is 1.49. The van der Waals surface area contributed by atoms with E-state index in [1.165, 1.54) is 5.56 Å². The summed E-state index contributed by atoms with van der Waals surface area (Å²) in [6.45, 7) is 8.33. The van der Waals surface area contributed by atoms with Crippen LogP contribution in [0, 0.1) is 0 Å². The van der Waals surface area contributed by atoms with Crippen LogP contribution in [0.4, 0.5) is 0 Å². The van der Waals surface area contributed by atoms with Crippen molar-refractivity contribution in [1.82, 2.24) is 0 Å². The number of halogens is 1. The second kappa shape index (κ2) is 5.54. The maximum Gasteiger partial charge on any atom is 0.262 e. The van der Waals surface area contributed by atoms with Crippen molar-refractivity contribution < 1.29 is 9.53 Å². The molecule has 0 fully saturated rings. The largest absolute Gasteiger partial charge is 0.481 e. The van der Waals surface area contributed by atoms with Gasteiger partial charge in [0, 0.05) is 0 Å². The Morgan fingerprint density at radius 1 is 1.29 bits per heavy atom. The van der Waals surface area contributed by atoms with E-state index in [0.29, 0.717) is 12.2 Å². The van der Waals surface area contributed by atoms with E-state index in [2.05, 4.69) is 20.8 Å². The van der Waals surface area contributed by atoms with Crippen LogP contribution in [0.3, 0.4) is 0 Å². The third-order valence-corrected chi connectivity index (χ3v) is 2.87. The van der Waals surface area contributed by atoms with E-state index in [9.17, 15) is 4.79 Å². The van der Waals surface area contributed by atoms with Crippen LogP contribution in [0.2, 0.25) is 0 Å². The maximum absolute atomic E-state index is 11.0. The van der Waals surface area contributed by atoms with E-state index in [0.717, 1.165) is 0 Å². The SMILES string of the molecule is CC[C@H](Oc1ccc(C(C)(C)C)cc1)C(=O)Cl. The van der Waals surface area contributed by atoms with E-state index >= 15 is 0 Å². The number of carbonyl (C=O) groups excluding carboxylic acids is 1. The summed E-state index contributed by atoms with van der Waals surface area (Å²) in [6, 6.07) is 7.79.